The Labute approximate surface area is 97.3 Å². The molecule has 0 amide bonds. The number of aryl methyl sites for hydroxylation is 1. The summed E-state index contributed by atoms with van der Waals surface area (Å²) >= 11 is 0. The molecule has 1 N–H and O–H groups in total. The van der Waals surface area contributed by atoms with Crippen LogP contribution in [0.3, 0.4) is 0 Å². The van der Waals surface area contributed by atoms with Crippen molar-refractivity contribution in [2.45, 2.75) is 31.8 Å². The Balaban J connectivity index is 1.67. The van der Waals surface area contributed by atoms with E-state index in [4.69, 9.17) is 4.74 Å². The van der Waals surface area contributed by atoms with E-state index in [1.54, 1.807) is 0 Å². The maximum absolute atomic E-state index is 9.95. The van der Waals surface area contributed by atoms with Crippen molar-refractivity contribution >= 4 is 0 Å². The largest absolute Gasteiger partial charge is 0.393 e. The van der Waals surface area contributed by atoms with Crippen LogP contribution < -0.4 is 0 Å². The average molecular weight is 220 g/mol. The Bertz CT molecular complexity index is 291. The summed E-state index contributed by atoms with van der Waals surface area (Å²) in [5, 5.41) is 9.95. The van der Waals surface area contributed by atoms with E-state index in [1.807, 2.05) is 6.07 Å². The lowest BCUT2D eigenvalue weighted by molar-refractivity contribution is 0.0832. The van der Waals surface area contributed by atoms with Gasteiger partial charge in [0.2, 0.25) is 0 Å². The van der Waals surface area contributed by atoms with Crippen molar-refractivity contribution in [3.8, 4) is 0 Å². The van der Waals surface area contributed by atoms with Crippen molar-refractivity contribution in [2.24, 2.45) is 5.92 Å². The molecule has 0 bridgehead atoms. The highest BCUT2D eigenvalue weighted by Gasteiger charge is 2.23. The molecule has 1 fully saturated rings. The van der Waals surface area contributed by atoms with Gasteiger partial charge in [0.15, 0.2) is 0 Å². The van der Waals surface area contributed by atoms with Crippen molar-refractivity contribution < 1.29 is 9.84 Å². The normalized spacial score (nSPS) is 22.2. The summed E-state index contributed by atoms with van der Waals surface area (Å²) in [6, 6.07) is 10.5. The zero-order valence-electron chi connectivity index (χ0n) is 9.64. The van der Waals surface area contributed by atoms with Gasteiger partial charge in [0.25, 0.3) is 0 Å². The van der Waals surface area contributed by atoms with Crippen LogP contribution in [0.1, 0.15) is 24.8 Å². The third kappa shape index (κ3) is 3.32. The summed E-state index contributed by atoms with van der Waals surface area (Å²) in [6.45, 7) is 1.56. The van der Waals surface area contributed by atoms with Gasteiger partial charge in [-0.1, -0.05) is 30.3 Å². The van der Waals surface area contributed by atoms with E-state index in [9.17, 15) is 5.11 Å². The SMILES string of the molecule is OC(CCCc1ccccc1)C1CCOC1. The van der Waals surface area contributed by atoms with Crippen LogP contribution in [0.15, 0.2) is 30.3 Å². The van der Waals surface area contributed by atoms with E-state index < -0.39 is 0 Å². The lowest BCUT2D eigenvalue weighted by atomic mass is 9.96. The number of hydrogen-bond acceptors (Lipinski definition) is 2. The van der Waals surface area contributed by atoms with Crippen LogP contribution in [-0.2, 0) is 11.2 Å². The van der Waals surface area contributed by atoms with Crippen molar-refractivity contribution in [3.63, 3.8) is 0 Å². The quantitative estimate of drug-likeness (QED) is 0.825. The Morgan fingerprint density at radius 3 is 2.81 bits per heavy atom. The lowest BCUT2D eigenvalue weighted by Gasteiger charge is -2.15. The number of benzene rings is 1. The predicted octanol–water partition coefficient (Wildman–Crippen LogP) is 2.41. The van der Waals surface area contributed by atoms with Gasteiger partial charge in [-0.2, -0.15) is 0 Å². The molecule has 0 saturated carbocycles. The van der Waals surface area contributed by atoms with Gasteiger partial charge in [-0.15, -0.1) is 0 Å². The van der Waals surface area contributed by atoms with E-state index >= 15 is 0 Å². The highest BCUT2D eigenvalue weighted by Crippen LogP contribution is 2.20. The molecule has 0 aromatic heterocycles. The van der Waals surface area contributed by atoms with E-state index in [2.05, 4.69) is 24.3 Å². The summed E-state index contributed by atoms with van der Waals surface area (Å²) in [5.41, 5.74) is 1.36. The summed E-state index contributed by atoms with van der Waals surface area (Å²) in [7, 11) is 0. The van der Waals surface area contributed by atoms with Gasteiger partial charge >= 0.3 is 0 Å². The Morgan fingerprint density at radius 1 is 1.31 bits per heavy atom. The number of aliphatic hydroxyl groups excluding tert-OH is 1. The van der Waals surface area contributed by atoms with Crippen LogP contribution in [0.25, 0.3) is 0 Å². The monoisotopic (exact) mass is 220 g/mol. The maximum Gasteiger partial charge on any atom is 0.0591 e. The Morgan fingerprint density at radius 2 is 2.12 bits per heavy atom. The smallest absolute Gasteiger partial charge is 0.0591 e. The van der Waals surface area contributed by atoms with Crippen LogP contribution in [0.4, 0.5) is 0 Å². The molecule has 1 aromatic carbocycles. The second-order valence-electron chi connectivity index (χ2n) is 4.57. The molecule has 2 unspecified atom stereocenters. The standard InChI is InChI=1S/C14H20O2/c15-14(13-9-10-16-11-13)8-4-7-12-5-2-1-3-6-12/h1-3,5-6,13-15H,4,7-11H2. The van der Waals surface area contributed by atoms with Gasteiger partial charge < -0.3 is 9.84 Å². The van der Waals surface area contributed by atoms with Crippen molar-refractivity contribution in [2.75, 3.05) is 13.2 Å². The van der Waals surface area contributed by atoms with E-state index in [0.717, 1.165) is 38.9 Å². The van der Waals surface area contributed by atoms with Gasteiger partial charge in [-0.25, -0.2) is 0 Å². The van der Waals surface area contributed by atoms with E-state index in [-0.39, 0.29) is 6.10 Å². The van der Waals surface area contributed by atoms with Crippen LogP contribution in [0.2, 0.25) is 0 Å². The van der Waals surface area contributed by atoms with Crippen LogP contribution in [0, 0.1) is 5.92 Å². The zero-order valence-corrected chi connectivity index (χ0v) is 9.64. The molecule has 2 rings (SSSR count). The second-order valence-corrected chi connectivity index (χ2v) is 4.57. The van der Waals surface area contributed by atoms with Gasteiger partial charge in [0.1, 0.15) is 0 Å². The summed E-state index contributed by atoms with van der Waals surface area (Å²) < 4.78 is 5.28. The molecule has 1 aromatic rings. The van der Waals surface area contributed by atoms with E-state index in [1.165, 1.54) is 5.56 Å². The molecule has 16 heavy (non-hydrogen) atoms. The maximum atomic E-state index is 9.95. The zero-order chi connectivity index (χ0) is 11.2. The van der Waals surface area contributed by atoms with Crippen LogP contribution in [0.5, 0.6) is 0 Å². The van der Waals surface area contributed by atoms with Gasteiger partial charge in [0.05, 0.1) is 12.7 Å². The first-order chi connectivity index (χ1) is 7.86. The molecule has 0 aliphatic carbocycles. The molecule has 1 aliphatic heterocycles. The molecule has 2 atom stereocenters. The fourth-order valence-electron chi connectivity index (χ4n) is 2.25. The first kappa shape index (κ1) is 11.6. The molecular weight excluding hydrogens is 200 g/mol. The summed E-state index contributed by atoms with van der Waals surface area (Å²) in [4.78, 5) is 0. The lowest BCUT2D eigenvalue weighted by Crippen LogP contribution is -2.20. The first-order valence-corrected chi connectivity index (χ1v) is 6.16. The highest BCUT2D eigenvalue weighted by molar-refractivity contribution is 5.14. The van der Waals surface area contributed by atoms with Gasteiger partial charge in [-0.3, -0.25) is 0 Å². The van der Waals surface area contributed by atoms with Crippen molar-refractivity contribution in [3.05, 3.63) is 35.9 Å². The molecule has 88 valence electrons. The van der Waals surface area contributed by atoms with Gasteiger partial charge in [-0.05, 0) is 31.2 Å². The molecule has 1 heterocycles. The minimum absolute atomic E-state index is 0.175. The average Bonchev–Trinajstić information content (AvgIpc) is 2.84. The van der Waals surface area contributed by atoms with Gasteiger partial charge in [0, 0.05) is 12.5 Å². The fourth-order valence-corrected chi connectivity index (χ4v) is 2.25. The van der Waals surface area contributed by atoms with E-state index in [0.29, 0.717) is 5.92 Å². The Hall–Kier alpha value is -0.860. The molecule has 1 saturated heterocycles. The molecule has 2 nitrogen and oxygen atoms in total. The minimum Gasteiger partial charge on any atom is -0.393 e. The summed E-state index contributed by atoms with van der Waals surface area (Å²) in [6.07, 6.45) is 3.86. The number of rotatable bonds is 5. The third-order valence-electron chi connectivity index (χ3n) is 3.32. The molecule has 0 radical (unpaired) electrons. The van der Waals surface area contributed by atoms with Crippen LogP contribution in [-0.4, -0.2) is 24.4 Å². The number of ether oxygens (including phenoxy) is 1. The number of aliphatic hydroxyl groups is 1. The molecular formula is C14H20O2. The molecule has 1 aliphatic rings. The van der Waals surface area contributed by atoms with Crippen molar-refractivity contribution in [1.82, 2.24) is 0 Å². The fraction of sp³-hybridized carbons (Fsp3) is 0.571. The third-order valence-corrected chi connectivity index (χ3v) is 3.32. The second kappa shape index (κ2) is 6.02. The first-order valence-electron chi connectivity index (χ1n) is 6.16. The van der Waals surface area contributed by atoms with Crippen molar-refractivity contribution in [1.29, 1.82) is 0 Å². The molecule has 0 spiro atoms. The topological polar surface area (TPSA) is 29.5 Å². The Kier molecular flexibility index (Phi) is 4.37. The highest BCUT2D eigenvalue weighted by atomic mass is 16.5. The minimum atomic E-state index is -0.175. The van der Waals surface area contributed by atoms with Crippen LogP contribution >= 0.6 is 0 Å². The molecule has 2 heteroatoms. The predicted molar refractivity (Wildman–Crippen MR) is 64.3 cm³/mol. The summed E-state index contributed by atoms with van der Waals surface area (Å²) in [5.74, 6) is 0.371. The number of hydrogen-bond donors (Lipinski definition) is 1.